The first-order valence-corrected chi connectivity index (χ1v) is 8.10. The van der Waals surface area contributed by atoms with E-state index in [0.717, 1.165) is 11.3 Å². The van der Waals surface area contributed by atoms with Crippen molar-refractivity contribution < 1.29 is 37.8 Å². The van der Waals surface area contributed by atoms with E-state index in [0.29, 0.717) is 0 Å². The molecular formula is C17H19F3N4O5. The number of rotatable bonds is 7. The van der Waals surface area contributed by atoms with Crippen LogP contribution in [0.1, 0.15) is 11.3 Å². The molecule has 158 valence electrons. The zero-order chi connectivity index (χ0) is 22.0. The van der Waals surface area contributed by atoms with Crippen LogP contribution in [0.4, 0.5) is 13.2 Å². The number of carbonyl (C=O) groups excluding carboxylic acids is 1. The van der Waals surface area contributed by atoms with Gasteiger partial charge in [-0.05, 0) is 5.56 Å². The number of aromatic amines is 1. The number of amides is 1. The predicted octanol–water partition coefficient (Wildman–Crippen LogP) is 0.725. The number of hydrogen-bond acceptors (Lipinski definition) is 5. The Morgan fingerprint density at radius 3 is 2.17 bits per heavy atom. The lowest BCUT2D eigenvalue weighted by Gasteiger charge is -2.17. The number of H-pyrrole nitrogens is 1. The minimum atomic E-state index is -5.08. The number of nitrogens with zero attached hydrogens (tertiary/aromatic N) is 1. The quantitative estimate of drug-likeness (QED) is 0.445. The van der Waals surface area contributed by atoms with Crippen molar-refractivity contribution in [3.8, 4) is 0 Å². The summed E-state index contributed by atoms with van der Waals surface area (Å²) >= 11 is 0. The Bertz CT molecular complexity index is 797. The molecule has 2 atom stereocenters. The highest BCUT2D eigenvalue weighted by atomic mass is 19.4. The number of carbonyl (C=O) groups is 3. The van der Waals surface area contributed by atoms with Crippen LogP contribution in [0.25, 0.3) is 0 Å². The number of halogens is 3. The SMILES string of the molecule is N[C@@H](Cc1cnc[nH]1)C(=O)N[C@@H](Cc1ccccc1)C(=O)O.O=C(O)C(F)(F)F. The number of nitrogens with two attached hydrogens (primary N) is 1. The fourth-order valence-electron chi connectivity index (χ4n) is 2.05. The highest BCUT2D eigenvalue weighted by Crippen LogP contribution is 2.13. The van der Waals surface area contributed by atoms with Crippen LogP contribution in [0, 0.1) is 0 Å². The topological polar surface area (TPSA) is 158 Å². The molecule has 1 aromatic heterocycles. The number of carboxylic acids is 2. The molecule has 0 aliphatic heterocycles. The molecule has 0 spiro atoms. The molecule has 6 N–H and O–H groups in total. The number of nitrogens with one attached hydrogen (secondary N) is 2. The van der Waals surface area contributed by atoms with E-state index in [9.17, 15) is 27.9 Å². The van der Waals surface area contributed by atoms with Crippen LogP contribution in [0.5, 0.6) is 0 Å². The van der Waals surface area contributed by atoms with Crippen LogP contribution < -0.4 is 11.1 Å². The second-order valence-electron chi connectivity index (χ2n) is 5.78. The Labute approximate surface area is 162 Å². The Hall–Kier alpha value is -3.41. The van der Waals surface area contributed by atoms with Gasteiger partial charge < -0.3 is 26.2 Å². The molecule has 0 bridgehead atoms. The Kier molecular flexibility index (Phi) is 8.80. The molecule has 2 rings (SSSR count). The van der Waals surface area contributed by atoms with Crippen molar-refractivity contribution in [2.75, 3.05) is 0 Å². The smallest absolute Gasteiger partial charge is 0.480 e. The molecule has 0 radical (unpaired) electrons. The van der Waals surface area contributed by atoms with E-state index in [1.807, 2.05) is 30.3 Å². The molecular weight excluding hydrogens is 397 g/mol. The highest BCUT2D eigenvalue weighted by molar-refractivity contribution is 5.87. The lowest BCUT2D eigenvalue weighted by molar-refractivity contribution is -0.192. The molecule has 29 heavy (non-hydrogen) atoms. The zero-order valence-corrected chi connectivity index (χ0v) is 14.9. The first-order chi connectivity index (χ1) is 13.5. The molecule has 9 nitrogen and oxygen atoms in total. The van der Waals surface area contributed by atoms with E-state index in [-0.39, 0.29) is 12.8 Å². The Morgan fingerprint density at radius 2 is 1.72 bits per heavy atom. The van der Waals surface area contributed by atoms with Gasteiger partial charge in [0, 0.05) is 24.7 Å². The zero-order valence-electron chi connectivity index (χ0n) is 14.9. The molecule has 0 aliphatic carbocycles. The number of alkyl halides is 3. The Morgan fingerprint density at radius 1 is 1.14 bits per heavy atom. The number of carboxylic acid groups (broad SMARTS) is 2. The van der Waals surface area contributed by atoms with Crippen molar-refractivity contribution in [3.63, 3.8) is 0 Å². The molecule has 2 aromatic rings. The third kappa shape index (κ3) is 8.88. The van der Waals surface area contributed by atoms with E-state index >= 15 is 0 Å². The molecule has 1 amide bonds. The van der Waals surface area contributed by atoms with Gasteiger partial charge in [0.2, 0.25) is 5.91 Å². The second kappa shape index (κ2) is 10.8. The third-order valence-corrected chi connectivity index (χ3v) is 3.47. The summed E-state index contributed by atoms with van der Waals surface area (Å²) in [4.78, 5) is 38.9. The molecule has 0 aliphatic rings. The summed E-state index contributed by atoms with van der Waals surface area (Å²) in [7, 11) is 0. The largest absolute Gasteiger partial charge is 0.490 e. The second-order valence-corrected chi connectivity index (χ2v) is 5.78. The maximum Gasteiger partial charge on any atom is 0.490 e. The molecule has 1 aromatic carbocycles. The van der Waals surface area contributed by atoms with Crippen LogP contribution >= 0.6 is 0 Å². The van der Waals surface area contributed by atoms with Crippen LogP contribution in [-0.4, -0.2) is 56.3 Å². The van der Waals surface area contributed by atoms with Gasteiger partial charge in [0.15, 0.2) is 0 Å². The lowest BCUT2D eigenvalue weighted by atomic mass is 10.1. The van der Waals surface area contributed by atoms with Crippen LogP contribution in [0.3, 0.4) is 0 Å². The van der Waals surface area contributed by atoms with Crippen LogP contribution in [-0.2, 0) is 27.2 Å². The van der Waals surface area contributed by atoms with Crippen molar-refractivity contribution in [3.05, 3.63) is 54.1 Å². The van der Waals surface area contributed by atoms with Crippen molar-refractivity contribution in [1.29, 1.82) is 0 Å². The number of aromatic nitrogens is 2. The summed E-state index contributed by atoms with van der Waals surface area (Å²) in [6.07, 6.45) is -1.54. The molecule has 0 saturated heterocycles. The fourth-order valence-corrected chi connectivity index (χ4v) is 2.05. The van der Waals surface area contributed by atoms with Gasteiger partial charge in [-0.2, -0.15) is 13.2 Å². The van der Waals surface area contributed by atoms with E-state index in [2.05, 4.69) is 15.3 Å². The van der Waals surface area contributed by atoms with Crippen molar-refractivity contribution in [1.82, 2.24) is 15.3 Å². The molecule has 0 saturated carbocycles. The third-order valence-electron chi connectivity index (χ3n) is 3.47. The average Bonchev–Trinajstić information content (AvgIpc) is 3.14. The fraction of sp³-hybridized carbons (Fsp3) is 0.294. The van der Waals surface area contributed by atoms with Gasteiger partial charge >= 0.3 is 18.1 Å². The normalized spacial score (nSPS) is 12.8. The van der Waals surface area contributed by atoms with E-state index in [1.54, 1.807) is 6.20 Å². The molecule has 0 unspecified atom stereocenters. The van der Waals surface area contributed by atoms with Crippen molar-refractivity contribution in [2.24, 2.45) is 5.73 Å². The minimum Gasteiger partial charge on any atom is -0.480 e. The van der Waals surface area contributed by atoms with Gasteiger partial charge in [-0.1, -0.05) is 30.3 Å². The van der Waals surface area contributed by atoms with Gasteiger partial charge in [-0.25, -0.2) is 14.6 Å². The molecule has 1 heterocycles. The summed E-state index contributed by atoms with van der Waals surface area (Å²) in [5.41, 5.74) is 7.35. The molecule has 12 heteroatoms. The van der Waals surface area contributed by atoms with Crippen molar-refractivity contribution >= 4 is 17.8 Å². The minimum absolute atomic E-state index is 0.207. The van der Waals surface area contributed by atoms with Crippen LogP contribution in [0.2, 0.25) is 0 Å². The lowest BCUT2D eigenvalue weighted by Crippen LogP contribution is -2.50. The van der Waals surface area contributed by atoms with Crippen molar-refractivity contribution in [2.45, 2.75) is 31.1 Å². The first kappa shape index (κ1) is 23.6. The summed E-state index contributed by atoms with van der Waals surface area (Å²) in [5.74, 6) is -4.35. The summed E-state index contributed by atoms with van der Waals surface area (Å²) in [6.45, 7) is 0. The summed E-state index contributed by atoms with van der Waals surface area (Å²) in [5, 5.41) is 18.9. The number of aliphatic carboxylic acids is 2. The van der Waals surface area contributed by atoms with Gasteiger partial charge in [0.1, 0.15) is 6.04 Å². The van der Waals surface area contributed by atoms with E-state index < -0.39 is 36.1 Å². The molecule has 0 fully saturated rings. The number of hydrogen-bond donors (Lipinski definition) is 5. The summed E-state index contributed by atoms with van der Waals surface area (Å²) in [6, 6.07) is 7.26. The predicted molar refractivity (Wildman–Crippen MR) is 93.7 cm³/mol. The van der Waals surface area contributed by atoms with Gasteiger partial charge in [-0.15, -0.1) is 0 Å². The van der Waals surface area contributed by atoms with Gasteiger partial charge in [0.05, 0.1) is 12.4 Å². The first-order valence-electron chi connectivity index (χ1n) is 8.10. The van der Waals surface area contributed by atoms with E-state index in [4.69, 9.17) is 15.6 Å². The number of benzene rings is 1. The van der Waals surface area contributed by atoms with Gasteiger partial charge in [0.25, 0.3) is 0 Å². The van der Waals surface area contributed by atoms with Gasteiger partial charge in [-0.3, -0.25) is 4.79 Å². The summed E-state index contributed by atoms with van der Waals surface area (Å²) < 4.78 is 31.7. The monoisotopic (exact) mass is 416 g/mol. The van der Waals surface area contributed by atoms with E-state index in [1.165, 1.54) is 6.33 Å². The van der Waals surface area contributed by atoms with Crippen LogP contribution in [0.15, 0.2) is 42.9 Å². The maximum absolute atomic E-state index is 12.0. The Balaban J connectivity index is 0.000000516. The number of imidazole rings is 1. The maximum atomic E-state index is 12.0. The highest BCUT2D eigenvalue weighted by Gasteiger charge is 2.38. The standard InChI is InChI=1S/C15H18N4O3.C2HF3O2/c16-12(7-11-8-17-9-18-11)14(20)19-13(15(21)22)6-10-4-2-1-3-5-10;3-2(4,5)1(6)7/h1-5,8-9,12-13H,6-7,16H2,(H,17,18)(H,19,20)(H,21,22);(H,6,7)/t12-,13-;/m0./s1. The average molecular weight is 416 g/mol.